The fourth-order valence-electron chi connectivity index (χ4n) is 1.47. The zero-order chi connectivity index (χ0) is 9.52. The van der Waals surface area contributed by atoms with Crippen molar-refractivity contribution in [3.63, 3.8) is 0 Å². The summed E-state index contributed by atoms with van der Waals surface area (Å²) in [6.07, 6.45) is 1.17. The second-order valence-corrected chi connectivity index (χ2v) is 3.26. The molecule has 0 aromatic heterocycles. The van der Waals surface area contributed by atoms with E-state index in [4.69, 9.17) is 0 Å². The van der Waals surface area contributed by atoms with Gasteiger partial charge in [-0.3, -0.25) is 0 Å². The Morgan fingerprint density at radius 1 is 1.00 bits per heavy atom. The summed E-state index contributed by atoms with van der Waals surface area (Å²) < 4.78 is 0. The van der Waals surface area contributed by atoms with E-state index in [1.54, 1.807) is 0 Å². The largest absolute Gasteiger partial charge is 0.304 e. The first kappa shape index (κ1) is 13.7. The molecule has 0 saturated carbocycles. The van der Waals surface area contributed by atoms with Crippen molar-refractivity contribution in [2.75, 3.05) is 19.6 Å². The second-order valence-electron chi connectivity index (χ2n) is 3.26. The third-order valence-corrected chi connectivity index (χ3v) is 2.45. The summed E-state index contributed by atoms with van der Waals surface area (Å²) in [6, 6.07) is 10.7. The molecule has 0 aliphatic carbocycles. The van der Waals surface area contributed by atoms with Crippen LogP contribution in [0.4, 0.5) is 0 Å². The molecule has 0 fully saturated rings. The Kier molecular flexibility index (Phi) is 7.83. The molecular formula is C12H19NNi. The van der Waals surface area contributed by atoms with Crippen LogP contribution in [0.25, 0.3) is 0 Å². The van der Waals surface area contributed by atoms with Crippen LogP contribution < -0.4 is 0 Å². The minimum absolute atomic E-state index is 0. The maximum atomic E-state index is 2.45. The van der Waals surface area contributed by atoms with Gasteiger partial charge in [-0.15, -0.1) is 0 Å². The molecule has 1 rings (SSSR count). The van der Waals surface area contributed by atoms with Crippen LogP contribution in [-0.4, -0.2) is 24.5 Å². The van der Waals surface area contributed by atoms with Crippen molar-refractivity contribution in [3.8, 4) is 0 Å². The Morgan fingerprint density at radius 2 is 1.57 bits per heavy atom. The average molecular weight is 236 g/mol. The van der Waals surface area contributed by atoms with Gasteiger partial charge < -0.3 is 4.90 Å². The van der Waals surface area contributed by atoms with Crippen molar-refractivity contribution < 1.29 is 16.5 Å². The molecular weight excluding hydrogens is 217 g/mol. The van der Waals surface area contributed by atoms with Gasteiger partial charge in [-0.25, -0.2) is 0 Å². The number of hydrogen-bond donors (Lipinski definition) is 0. The van der Waals surface area contributed by atoms with Crippen LogP contribution in [0.15, 0.2) is 30.3 Å². The van der Waals surface area contributed by atoms with Gasteiger partial charge >= 0.3 is 0 Å². The Hall–Kier alpha value is -0.326. The van der Waals surface area contributed by atoms with Crippen LogP contribution in [0.3, 0.4) is 0 Å². The molecule has 1 aromatic carbocycles. The molecule has 0 atom stereocenters. The predicted molar refractivity (Wildman–Crippen MR) is 57.9 cm³/mol. The van der Waals surface area contributed by atoms with Crippen LogP contribution >= 0.6 is 0 Å². The summed E-state index contributed by atoms with van der Waals surface area (Å²) in [5, 5.41) is 0. The Bertz CT molecular complexity index is 219. The van der Waals surface area contributed by atoms with Gasteiger partial charge in [0.2, 0.25) is 0 Å². The van der Waals surface area contributed by atoms with Gasteiger partial charge in [-0.2, -0.15) is 0 Å². The molecule has 2 heteroatoms. The molecule has 0 aliphatic rings. The van der Waals surface area contributed by atoms with E-state index in [0.29, 0.717) is 0 Å². The average Bonchev–Trinajstić information content (AvgIpc) is 2.21. The van der Waals surface area contributed by atoms with E-state index in [1.165, 1.54) is 18.5 Å². The predicted octanol–water partition coefficient (Wildman–Crippen LogP) is 2.57. The van der Waals surface area contributed by atoms with Gasteiger partial charge in [0.25, 0.3) is 0 Å². The van der Waals surface area contributed by atoms with E-state index in [9.17, 15) is 0 Å². The third-order valence-electron chi connectivity index (χ3n) is 2.45. The summed E-state index contributed by atoms with van der Waals surface area (Å²) in [5.74, 6) is 0. The number of benzene rings is 1. The Labute approximate surface area is 97.4 Å². The molecule has 14 heavy (non-hydrogen) atoms. The van der Waals surface area contributed by atoms with E-state index in [-0.39, 0.29) is 16.5 Å². The molecule has 0 saturated heterocycles. The number of likely N-dealkylation sites (N-methyl/N-ethyl adjacent to an activating group) is 1. The first-order valence-electron chi connectivity index (χ1n) is 5.13. The second kappa shape index (κ2) is 8.02. The minimum atomic E-state index is 0. The van der Waals surface area contributed by atoms with Crippen LogP contribution in [0, 0.1) is 0 Å². The maximum Gasteiger partial charge on any atom is 0.00216 e. The quantitative estimate of drug-likeness (QED) is 0.710. The third kappa shape index (κ3) is 4.78. The first-order valence-corrected chi connectivity index (χ1v) is 5.13. The van der Waals surface area contributed by atoms with Crippen molar-refractivity contribution in [1.82, 2.24) is 4.90 Å². The molecule has 1 aromatic rings. The van der Waals surface area contributed by atoms with E-state index in [0.717, 1.165) is 13.1 Å². The van der Waals surface area contributed by atoms with Gasteiger partial charge in [-0.1, -0.05) is 44.2 Å². The monoisotopic (exact) mass is 235 g/mol. The zero-order valence-electron chi connectivity index (χ0n) is 8.98. The fraction of sp³-hybridized carbons (Fsp3) is 0.500. The van der Waals surface area contributed by atoms with Gasteiger partial charge in [0.15, 0.2) is 0 Å². The number of nitrogens with zero attached hydrogens (tertiary/aromatic N) is 1. The van der Waals surface area contributed by atoms with E-state index in [2.05, 4.69) is 49.1 Å². The van der Waals surface area contributed by atoms with Crippen LogP contribution in [0.5, 0.6) is 0 Å². The Morgan fingerprint density at radius 3 is 2.07 bits per heavy atom. The van der Waals surface area contributed by atoms with E-state index < -0.39 is 0 Å². The molecule has 1 nitrogen and oxygen atoms in total. The SMILES string of the molecule is CCN(CC)CCc1ccccc1.[Ni]. The van der Waals surface area contributed by atoms with Gasteiger partial charge in [0.05, 0.1) is 0 Å². The normalized spacial score (nSPS) is 9.93. The molecule has 0 heterocycles. The molecule has 0 aliphatic heterocycles. The van der Waals surface area contributed by atoms with Gasteiger partial charge in [0, 0.05) is 23.0 Å². The smallest absolute Gasteiger partial charge is 0.00216 e. The van der Waals surface area contributed by atoms with Gasteiger partial charge in [-0.05, 0) is 25.1 Å². The molecule has 0 amide bonds. The van der Waals surface area contributed by atoms with Crippen LogP contribution in [0.1, 0.15) is 19.4 Å². The molecule has 0 unspecified atom stereocenters. The standard InChI is InChI=1S/C12H19N.Ni/c1-3-13(4-2)11-10-12-8-6-5-7-9-12;/h5-9H,3-4,10-11H2,1-2H3;. The molecule has 0 bridgehead atoms. The molecule has 0 spiro atoms. The topological polar surface area (TPSA) is 3.24 Å². The van der Waals surface area contributed by atoms with Gasteiger partial charge in [0.1, 0.15) is 0 Å². The summed E-state index contributed by atoms with van der Waals surface area (Å²) in [6.45, 7) is 7.92. The molecule has 0 N–H and O–H groups in total. The molecule has 0 radical (unpaired) electrons. The minimum Gasteiger partial charge on any atom is -0.304 e. The maximum absolute atomic E-state index is 2.45. The van der Waals surface area contributed by atoms with Crippen molar-refractivity contribution in [1.29, 1.82) is 0 Å². The zero-order valence-corrected chi connectivity index (χ0v) is 9.97. The summed E-state index contributed by atoms with van der Waals surface area (Å²) in [7, 11) is 0. The van der Waals surface area contributed by atoms with Crippen LogP contribution in [-0.2, 0) is 22.9 Å². The van der Waals surface area contributed by atoms with Crippen molar-refractivity contribution in [2.45, 2.75) is 20.3 Å². The Balaban J connectivity index is 0.00000169. The fourth-order valence-corrected chi connectivity index (χ4v) is 1.47. The van der Waals surface area contributed by atoms with Crippen LogP contribution in [0.2, 0.25) is 0 Å². The van der Waals surface area contributed by atoms with E-state index >= 15 is 0 Å². The van der Waals surface area contributed by atoms with Crippen molar-refractivity contribution in [2.24, 2.45) is 0 Å². The summed E-state index contributed by atoms with van der Waals surface area (Å²) in [5.41, 5.74) is 1.44. The number of hydrogen-bond acceptors (Lipinski definition) is 1. The van der Waals surface area contributed by atoms with E-state index in [1.807, 2.05) is 0 Å². The molecule has 82 valence electrons. The van der Waals surface area contributed by atoms with Crippen molar-refractivity contribution >= 4 is 0 Å². The first-order chi connectivity index (χ1) is 6.36. The summed E-state index contributed by atoms with van der Waals surface area (Å²) in [4.78, 5) is 2.45. The van der Waals surface area contributed by atoms with Crippen molar-refractivity contribution in [3.05, 3.63) is 35.9 Å². The number of rotatable bonds is 5. The summed E-state index contributed by atoms with van der Waals surface area (Å²) >= 11 is 0.